The standard InChI is InChI=1S/C15H11BrN6O2/c16-11-5-3-9(4-6-11)12-13(18-15(24)22-19-12)20-21-14(23)10-2-1-7-17-8-10/h1-8H,(H,21,23)(H2,18,20,22,24). The summed E-state index contributed by atoms with van der Waals surface area (Å²) in [7, 11) is 0. The third kappa shape index (κ3) is 3.63. The van der Waals surface area contributed by atoms with Crippen molar-refractivity contribution in [3.63, 3.8) is 0 Å². The molecule has 0 aliphatic carbocycles. The lowest BCUT2D eigenvalue weighted by Crippen LogP contribution is -2.31. The molecule has 3 N–H and O–H groups in total. The number of rotatable bonds is 4. The zero-order chi connectivity index (χ0) is 16.9. The highest BCUT2D eigenvalue weighted by molar-refractivity contribution is 9.10. The molecule has 0 aliphatic heterocycles. The number of carbonyl (C=O) groups excluding carboxylic acids is 1. The largest absolute Gasteiger partial charge is 0.363 e. The van der Waals surface area contributed by atoms with Crippen LogP contribution in [0.4, 0.5) is 5.82 Å². The second-order valence-electron chi connectivity index (χ2n) is 4.67. The number of anilines is 1. The Hall–Kier alpha value is -3.07. The van der Waals surface area contributed by atoms with Crippen LogP contribution in [0.1, 0.15) is 10.4 Å². The smallest absolute Gasteiger partial charge is 0.280 e. The summed E-state index contributed by atoms with van der Waals surface area (Å²) in [5.74, 6) is -0.273. The van der Waals surface area contributed by atoms with E-state index in [2.05, 4.69) is 46.9 Å². The van der Waals surface area contributed by atoms with Gasteiger partial charge >= 0.3 is 5.69 Å². The van der Waals surface area contributed by atoms with Gasteiger partial charge in [0, 0.05) is 22.4 Å². The molecule has 0 saturated heterocycles. The molecule has 0 unspecified atom stereocenters. The first-order valence-corrected chi connectivity index (χ1v) is 7.62. The number of aromatic amines is 1. The van der Waals surface area contributed by atoms with Gasteiger partial charge in [0.1, 0.15) is 5.69 Å². The lowest BCUT2D eigenvalue weighted by Gasteiger charge is -2.10. The van der Waals surface area contributed by atoms with E-state index in [1.165, 1.54) is 6.20 Å². The summed E-state index contributed by atoms with van der Waals surface area (Å²) in [5.41, 5.74) is 5.96. The van der Waals surface area contributed by atoms with Crippen LogP contribution in [0.15, 0.2) is 58.1 Å². The van der Waals surface area contributed by atoms with Crippen LogP contribution in [0.3, 0.4) is 0 Å². The number of nitrogens with zero attached hydrogens (tertiary/aromatic N) is 3. The summed E-state index contributed by atoms with van der Waals surface area (Å²) in [6, 6.07) is 10.5. The number of H-pyrrole nitrogens is 1. The molecule has 0 radical (unpaired) electrons. The van der Waals surface area contributed by atoms with E-state index in [9.17, 15) is 9.59 Å². The van der Waals surface area contributed by atoms with E-state index in [0.717, 1.165) is 10.0 Å². The zero-order valence-corrected chi connectivity index (χ0v) is 13.7. The van der Waals surface area contributed by atoms with E-state index < -0.39 is 11.6 Å². The van der Waals surface area contributed by atoms with Gasteiger partial charge in [0.2, 0.25) is 0 Å². The van der Waals surface area contributed by atoms with Crippen LogP contribution in [0.25, 0.3) is 11.3 Å². The van der Waals surface area contributed by atoms with Crippen LogP contribution >= 0.6 is 15.9 Å². The van der Waals surface area contributed by atoms with Crippen LogP contribution in [0.5, 0.6) is 0 Å². The van der Waals surface area contributed by atoms with Crippen LogP contribution in [-0.2, 0) is 0 Å². The van der Waals surface area contributed by atoms with Crippen molar-refractivity contribution in [3.8, 4) is 11.3 Å². The van der Waals surface area contributed by atoms with Gasteiger partial charge in [-0.15, -0.1) is 0 Å². The number of hydrogen-bond acceptors (Lipinski definition) is 6. The van der Waals surface area contributed by atoms with E-state index in [1.807, 2.05) is 12.1 Å². The average Bonchev–Trinajstić information content (AvgIpc) is 2.61. The third-order valence-electron chi connectivity index (χ3n) is 3.04. The summed E-state index contributed by atoms with van der Waals surface area (Å²) in [6.07, 6.45) is 2.99. The molecule has 0 spiro atoms. The fraction of sp³-hybridized carbons (Fsp3) is 0. The quantitative estimate of drug-likeness (QED) is 0.588. The van der Waals surface area contributed by atoms with Gasteiger partial charge in [-0.1, -0.05) is 28.1 Å². The highest BCUT2D eigenvalue weighted by Crippen LogP contribution is 2.23. The molecule has 1 aromatic carbocycles. The zero-order valence-electron chi connectivity index (χ0n) is 12.2. The highest BCUT2D eigenvalue weighted by atomic mass is 79.9. The minimum absolute atomic E-state index is 0.137. The maximum Gasteiger partial charge on any atom is 0.363 e. The number of carbonyl (C=O) groups is 1. The van der Waals surface area contributed by atoms with E-state index in [-0.39, 0.29) is 5.82 Å². The lowest BCUT2D eigenvalue weighted by molar-refractivity contribution is 0.0962. The Morgan fingerprint density at radius 3 is 2.67 bits per heavy atom. The number of aromatic nitrogens is 4. The first-order valence-electron chi connectivity index (χ1n) is 6.82. The molecule has 3 aromatic rings. The van der Waals surface area contributed by atoms with Gasteiger partial charge in [-0.3, -0.25) is 20.6 Å². The molecule has 9 heteroatoms. The predicted octanol–water partition coefficient (Wildman–Crippen LogP) is 1.75. The van der Waals surface area contributed by atoms with Crippen LogP contribution in [0, 0.1) is 0 Å². The molecule has 3 rings (SSSR count). The molecule has 2 heterocycles. The SMILES string of the molecule is O=C(NNc1nc(=O)[nH]nc1-c1ccc(Br)cc1)c1cccnc1. The highest BCUT2D eigenvalue weighted by Gasteiger charge is 2.12. The molecule has 0 atom stereocenters. The van der Waals surface area contributed by atoms with Crippen molar-refractivity contribution in [3.05, 3.63) is 69.3 Å². The van der Waals surface area contributed by atoms with Gasteiger partial charge in [-0.05, 0) is 24.3 Å². The number of hydrogen-bond donors (Lipinski definition) is 3. The van der Waals surface area contributed by atoms with E-state index in [4.69, 9.17) is 0 Å². The molecular weight excluding hydrogens is 376 g/mol. The Kier molecular flexibility index (Phi) is 4.62. The molecular formula is C15H11BrN6O2. The van der Waals surface area contributed by atoms with Crippen molar-refractivity contribution >= 4 is 27.7 Å². The fourth-order valence-electron chi connectivity index (χ4n) is 1.92. The molecule has 120 valence electrons. The van der Waals surface area contributed by atoms with Gasteiger partial charge in [-0.2, -0.15) is 10.1 Å². The van der Waals surface area contributed by atoms with Gasteiger partial charge < -0.3 is 0 Å². The first kappa shape index (κ1) is 15.8. The van der Waals surface area contributed by atoms with E-state index in [1.54, 1.807) is 30.5 Å². The number of nitrogens with one attached hydrogen (secondary N) is 3. The predicted molar refractivity (Wildman–Crippen MR) is 91.1 cm³/mol. The number of benzene rings is 1. The number of pyridine rings is 1. The topological polar surface area (TPSA) is 113 Å². The molecule has 0 bridgehead atoms. The number of halogens is 1. The Morgan fingerprint density at radius 1 is 1.17 bits per heavy atom. The van der Waals surface area contributed by atoms with Gasteiger partial charge in [0.15, 0.2) is 5.82 Å². The molecule has 0 aliphatic rings. The maximum absolute atomic E-state index is 12.0. The molecule has 0 fully saturated rings. The van der Waals surface area contributed by atoms with Crippen LogP contribution in [-0.4, -0.2) is 26.1 Å². The number of hydrazine groups is 1. The first-order chi connectivity index (χ1) is 11.6. The van der Waals surface area contributed by atoms with Gasteiger partial charge in [0.25, 0.3) is 5.91 Å². The van der Waals surface area contributed by atoms with Crippen molar-refractivity contribution in [2.24, 2.45) is 0 Å². The summed E-state index contributed by atoms with van der Waals surface area (Å²) in [5, 5.41) is 6.27. The Balaban J connectivity index is 1.85. The Morgan fingerprint density at radius 2 is 1.96 bits per heavy atom. The Labute approximate surface area is 144 Å². The second-order valence-corrected chi connectivity index (χ2v) is 5.58. The summed E-state index contributed by atoms with van der Waals surface area (Å²) in [6.45, 7) is 0. The summed E-state index contributed by atoms with van der Waals surface area (Å²) in [4.78, 5) is 31.2. The van der Waals surface area contributed by atoms with Crippen molar-refractivity contribution in [2.75, 3.05) is 5.43 Å². The summed E-state index contributed by atoms with van der Waals surface area (Å²) < 4.78 is 0.906. The van der Waals surface area contributed by atoms with Gasteiger partial charge in [-0.25, -0.2) is 9.89 Å². The average molecular weight is 387 g/mol. The normalized spacial score (nSPS) is 10.2. The molecule has 2 aromatic heterocycles. The van der Waals surface area contributed by atoms with Crippen molar-refractivity contribution in [1.82, 2.24) is 25.6 Å². The fourth-order valence-corrected chi connectivity index (χ4v) is 2.18. The lowest BCUT2D eigenvalue weighted by atomic mass is 10.1. The molecule has 1 amide bonds. The van der Waals surface area contributed by atoms with Crippen molar-refractivity contribution in [1.29, 1.82) is 0 Å². The monoisotopic (exact) mass is 386 g/mol. The van der Waals surface area contributed by atoms with Gasteiger partial charge in [0.05, 0.1) is 5.56 Å². The summed E-state index contributed by atoms with van der Waals surface area (Å²) >= 11 is 3.35. The minimum atomic E-state index is -0.631. The van der Waals surface area contributed by atoms with E-state index in [0.29, 0.717) is 11.3 Å². The second kappa shape index (κ2) is 7.01. The van der Waals surface area contributed by atoms with Crippen LogP contribution in [0.2, 0.25) is 0 Å². The maximum atomic E-state index is 12.0. The van der Waals surface area contributed by atoms with Crippen molar-refractivity contribution in [2.45, 2.75) is 0 Å². The molecule has 8 nitrogen and oxygen atoms in total. The minimum Gasteiger partial charge on any atom is -0.280 e. The third-order valence-corrected chi connectivity index (χ3v) is 3.57. The Bertz CT molecular complexity index is 911. The van der Waals surface area contributed by atoms with Crippen LogP contribution < -0.4 is 16.5 Å². The molecule has 24 heavy (non-hydrogen) atoms. The number of amides is 1. The van der Waals surface area contributed by atoms with Crippen molar-refractivity contribution < 1.29 is 4.79 Å². The van der Waals surface area contributed by atoms with E-state index >= 15 is 0 Å². The molecule has 0 saturated carbocycles.